The SMILES string of the molecule is CC(C)Nc1cc(-c2ccc3cc(C#N)cnn23)ncc1-c1nnc(N2CC3CCC(C2)C3NC(=O)OC(C)(C)C)s1. The van der Waals surface area contributed by atoms with Crippen LogP contribution >= 0.6 is 11.3 Å². The molecule has 1 amide bonds. The molecule has 5 heterocycles. The minimum Gasteiger partial charge on any atom is -0.444 e. The molecule has 2 unspecified atom stereocenters. The molecule has 42 heavy (non-hydrogen) atoms. The fourth-order valence-corrected chi connectivity index (χ4v) is 6.85. The second kappa shape index (κ2) is 10.9. The van der Waals surface area contributed by atoms with E-state index in [1.165, 1.54) is 0 Å². The van der Waals surface area contributed by atoms with Crippen molar-refractivity contribution in [2.24, 2.45) is 11.8 Å². The normalized spacial score (nSPS) is 20.1. The largest absolute Gasteiger partial charge is 0.444 e. The van der Waals surface area contributed by atoms with E-state index in [4.69, 9.17) is 9.72 Å². The highest BCUT2D eigenvalue weighted by molar-refractivity contribution is 7.18. The number of carbonyl (C=O) groups is 1. The number of amides is 1. The molecule has 1 aliphatic heterocycles. The van der Waals surface area contributed by atoms with E-state index in [9.17, 15) is 10.1 Å². The number of nitrogens with zero attached hydrogens (tertiary/aromatic N) is 7. The van der Waals surface area contributed by atoms with E-state index in [2.05, 4.69) is 50.7 Å². The highest BCUT2D eigenvalue weighted by Gasteiger charge is 2.44. The molecular formula is C30H35N9O2S. The second-order valence-electron chi connectivity index (χ2n) is 12.4. The number of hydrogen-bond acceptors (Lipinski definition) is 10. The number of fused-ring (bicyclic) bond motifs is 3. The minimum atomic E-state index is -0.516. The topological polar surface area (TPSA) is 133 Å². The van der Waals surface area contributed by atoms with Crippen molar-refractivity contribution in [2.75, 3.05) is 23.3 Å². The van der Waals surface area contributed by atoms with E-state index >= 15 is 0 Å². The summed E-state index contributed by atoms with van der Waals surface area (Å²) in [4.78, 5) is 19.6. The van der Waals surface area contributed by atoms with Crippen molar-refractivity contribution in [1.29, 1.82) is 5.26 Å². The van der Waals surface area contributed by atoms with E-state index in [-0.39, 0.29) is 18.2 Å². The van der Waals surface area contributed by atoms with Gasteiger partial charge in [0.1, 0.15) is 11.7 Å². The van der Waals surface area contributed by atoms with Crippen LogP contribution in [0.3, 0.4) is 0 Å². The van der Waals surface area contributed by atoms with E-state index in [1.807, 2.05) is 51.2 Å². The lowest BCUT2D eigenvalue weighted by Gasteiger charge is -2.38. The average Bonchev–Trinajstić information content (AvgIpc) is 3.63. The van der Waals surface area contributed by atoms with Gasteiger partial charge in [-0.1, -0.05) is 11.3 Å². The van der Waals surface area contributed by atoms with Crippen LogP contribution in [0.25, 0.3) is 27.5 Å². The summed E-state index contributed by atoms with van der Waals surface area (Å²) < 4.78 is 7.31. The lowest BCUT2D eigenvalue weighted by molar-refractivity contribution is 0.0472. The molecule has 2 aliphatic rings. The van der Waals surface area contributed by atoms with Crippen LogP contribution in [0.15, 0.2) is 36.7 Å². The van der Waals surface area contributed by atoms with Crippen molar-refractivity contribution in [2.45, 2.75) is 65.1 Å². The Kier molecular flexibility index (Phi) is 7.22. The van der Waals surface area contributed by atoms with Crippen molar-refractivity contribution in [1.82, 2.24) is 30.1 Å². The van der Waals surface area contributed by atoms with E-state index in [0.29, 0.717) is 17.4 Å². The number of ether oxygens (including phenoxy) is 1. The van der Waals surface area contributed by atoms with Gasteiger partial charge in [0.15, 0.2) is 5.01 Å². The highest BCUT2D eigenvalue weighted by Crippen LogP contribution is 2.41. The lowest BCUT2D eigenvalue weighted by atomic mass is 9.92. The zero-order chi connectivity index (χ0) is 29.6. The van der Waals surface area contributed by atoms with Crippen LogP contribution in [0, 0.1) is 23.2 Å². The summed E-state index contributed by atoms with van der Waals surface area (Å²) in [7, 11) is 0. The lowest BCUT2D eigenvalue weighted by Crippen LogP contribution is -2.53. The summed E-state index contributed by atoms with van der Waals surface area (Å²) in [6, 6.07) is 10.2. The molecule has 2 N–H and O–H groups in total. The molecule has 4 aromatic heterocycles. The quantitative estimate of drug-likeness (QED) is 0.307. The Labute approximate surface area is 248 Å². The van der Waals surface area contributed by atoms with Crippen LogP contribution in [0.4, 0.5) is 15.6 Å². The number of pyridine rings is 1. The first-order chi connectivity index (χ1) is 20.1. The maximum absolute atomic E-state index is 12.5. The predicted octanol–water partition coefficient (Wildman–Crippen LogP) is 5.35. The maximum Gasteiger partial charge on any atom is 0.407 e. The number of nitriles is 1. The smallest absolute Gasteiger partial charge is 0.407 e. The highest BCUT2D eigenvalue weighted by atomic mass is 32.1. The molecule has 11 nitrogen and oxygen atoms in total. The molecule has 1 saturated heterocycles. The summed E-state index contributed by atoms with van der Waals surface area (Å²) in [5, 5.41) is 31.2. The van der Waals surface area contributed by atoms with Gasteiger partial charge in [0.2, 0.25) is 5.13 Å². The number of rotatable bonds is 6. The number of hydrogen-bond donors (Lipinski definition) is 2. The summed E-state index contributed by atoms with van der Waals surface area (Å²) in [5.41, 5.74) is 4.24. The maximum atomic E-state index is 12.5. The molecule has 12 heteroatoms. The molecule has 0 aromatic carbocycles. The Morgan fingerprint density at radius 1 is 1.14 bits per heavy atom. The Morgan fingerprint density at radius 3 is 2.60 bits per heavy atom. The summed E-state index contributed by atoms with van der Waals surface area (Å²) in [6.45, 7) is 11.5. The first kappa shape index (κ1) is 27.9. The third kappa shape index (κ3) is 5.61. The Morgan fingerprint density at radius 2 is 1.90 bits per heavy atom. The molecule has 6 rings (SSSR count). The molecule has 2 bridgehead atoms. The molecule has 4 aromatic rings. The van der Waals surface area contributed by atoms with Gasteiger partial charge in [-0.05, 0) is 83.6 Å². The number of nitrogens with one attached hydrogen (secondary N) is 2. The van der Waals surface area contributed by atoms with Gasteiger partial charge in [-0.25, -0.2) is 9.31 Å². The third-order valence-electron chi connectivity index (χ3n) is 7.67. The number of aromatic nitrogens is 5. The van der Waals surface area contributed by atoms with Crippen molar-refractivity contribution >= 4 is 33.8 Å². The van der Waals surface area contributed by atoms with Crippen LogP contribution in [-0.4, -0.2) is 61.7 Å². The molecule has 2 fully saturated rings. The van der Waals surface area contributed by atoms with Crippen LogP contribution in [-0.2, 0) is 4.74 Å². The average molecular weight is 586 g/mol. The Balaban J connectivity index is 1.23. The van der Waals surface area contributed by atoms with E-state index < -0.39 is 5.60 Å². The molecule has 218 valence electrons. The van der Waals surface area contributed by atoms with Gasteiger partial charge in [-0.3, -0.25) is 4.98 Å². The van der Waals surface area contributed by atoms with Crippen molar-refractivity contribution < 1.29 is 9.53 Å². The molecule has 0 radical (unpaired) electrons. The number of alkyl carbamates (subject to hydrolysis) is 1. The van der Waals surface area contributed by atoms with Gasteiger partial charge >= 0.3 is 6.09 Å². The minimum absolute atomic E-state index is 0.119. The van der Waals surface area contributed by atoms with Gasteiger partial charge in [-0.2, -0.15) is 10.4 Å². The van der Waals surface area contributed by atoms with E-state index in [0.717, 1.165) is 64.2 Å². The zero-order valence-corrected chi connectivity index (χ0v) is 25.3. The van der Waals surface area contributed by atoms with Gasteiger partial charge < -0.3 is 20.3 Å². The fourth-order valence-electron chi connectivity index (χ4n) is 5.96. The monoisotopic (exact) mass is 585 g/mol. The summed E-state index contributed by atoms with van der Waals surface area (Å²) in [5.74, 6) is 0.690. The van der Waals surface area contributed by atoms with Crippen LogP contribution in [0.5, 0.6) is 0 Å². The zero-order valence-electron chi connectivity index (χ0n) is 24.5. The standard InChI is InChI=1S/C30H35N9O2S/c1-17(2)34-23-11-24(25-9-8-21-10-18(12-31)13-33-39(21)25)32-14-22(23)27-36-37-28(42-27)38-15-19-6-7-20(16-38)26(19)35-29(40)41-30(3,4)5/h8-11,13-14,17,19-20,26H,6-7,15-16H2,1-5H3,(H,32,34)(H,35,40). The number of anilines is 2. The summed E-state index contributed by atoms with van der Waals surface area (Å²) >= 11 is 1.56. The second-order valence-corrected chi connectivity index (χ2v) is 13.3. The van der Waals surface area contributed by atoms with Crippen molar-refractivity contribution in [3.05, 3.63) is 42.2 Å². The Bertz CT molecular complexity index is 1650. The number of piperidine rings is 1. The van der Waals surface area contributed by atoms with Gasteiger partial charge in [0.05, 0.1) is 34.2 Å². The van der Waals surface area contributed by atoms with Gasteiger partial charge in [0, 0.05) is 37.1 Å². The molecule has 2 atom stereocenters. The third-order valence-corrected chi connectivity index (χ3v) is 8.69. The van der Waals surface area contributed by atoms with Crippen LogP contribution < -0.4 is 15.5 Å². The van der Waals surface area contributed by atoms with Gasteiger partial charge in [0.25, 0.3) is 0 Å². The fraction of sp³-hybridized carbons (Fsp3) is 0.467. The van der Waals surface area contributed by atoms with E-state index in [1.54, 1.807) is 22.0 Å². The Hall–Kier alpha value is -4.24. The van der Waals surface area contributed by atoms with Crippen LogP contribution in [0.1, 0.15) is 53.0 Å². The first-order valence-corrected chi connectivity index (χ1v) is 15.1. The number of carbonyl (C=O) groups excluding carboxylic acids is 1. The first-order valence-electron chi connectivity index (χ1n) is 14.3. The van der Waals surface area contributed by atoms with Crippen molar-refractivity contribution in [3.63, 3.8) is 0 Å². The van der Waals surface area contributed by atoms with Crippen LogP contribution in [0.2, 0.25) is 0 Å². The molecule has 1 aliphatic carbocycles. The molecular weight excluding hydrogens is 550 g/mol. The summed E-state index contributed by atoms with van der Waals surface area (Å²) in [6.07, 6.45) is 5.20. The predicted molar refractivity (Wildman–Crippen MR) is 162 cm³/mol. The molecule has 0 spiro atoms. The van der Waals surface area contributed by atoms with Gasteiger partial charge in [-0.15, -0.1) is 10.2 Å². The molecule has 1 saturated carbocycles. The van der Waals surface area contributed by atoms with Crippen molar-refractivity contribution in [3.8, 4) is 28.0 Å².